The third kappa shape index (κ3) is 6.36. The largest absolute Gasteiger partial charge is 0.379 e. The summed E-state index contributed by atoms with van der Waals surface area (Å²) in [5, 5.41) is 4.71. The van der Waals surface area contributed by atoms with E-state index in [1.165, 1.54) is 49.7 Å². The fourth-order valence-electron chi connectivity index (χ4n) is 4.57. The van der Waals surface area contributed by atoms with Crippen LogP contribution < -0.4 is 0 Å². The third-order valence-electron chi connectivity index (χ3n) is 6.19. The predicted octanol–water partition coefficient (Wildman–Crippen LogP) is 3.51. The molecule has 29 heavy (non-hydrogen) atoms. The van der Waals surface area contributed by atoms with Gasteiger partial charge in [0.15, 0.2) is 0 Å². The lowest BCUT2D eigenvalue weighted by Crippen LogP contribution is -2.38. The van der Waals surface area contributed by atoms with Crippen LogP contribution in [0.4, 0.5) is 0 Å². The van der Waals surface area contributed by atoms with E-state index in [4.69, 9.17) is 9.84 Å². The minimum Gasteiger partial charge on any atom is -0.379 e. The second-order valence-electron chi connectivity index (χ2n) is 8.50. The van der Waals surface area contributed by atoms with Gasteiger partial charge in [0.2, 0.25) is 0 Å². The van der Waals surface area contributed by atoms with E-state index in [1.54, 1.807) is 0 Å². The SMILES string of the molecule is c1cncc(CN(CCCN2CCOCC2)Cc2cnn(C3CCCCC3)c2)c1. The highest BCUT2D eigenvalue weighted by Gasteiger charge is 2.17. The normalized spacial score (nSPS) is 19.1. The maximum atomic E-state index is 5.47. The topological polar surface area (TPSA) is 46.4 Å². The van der Waals surface area contributed by atoms with Crippen molar-refractivity contribution in [3.8, 4) is 0 Å². The average Bonchev–Trinajstić information content (AvgIpc) is 3.24. The first-order valence-corrected chi connectivity index (χ1v) is 11.3. The molecule has 0 aromatic carbocycles. The molecule has 3 heterocycles. The van der Waals surface area contributed by atoms with E-state index in [0.29, 0.717) is 6.04 Å². The molecule has 0 N–H and O–H groups in total. The monoisotopic (exact) mass is 397 g/mol. The van der Waals surface area contributed by atoms with Crippen LogP contribution >= 0.6 is 0 Å². The molecule has 6 heteroatoms. The molecule has 0 radical (unpaired) electrons. The van der Waals surface area contributed by atoms with E-state index in [1.807, 2.05) is 18.5 Å². The molecule has 158 valence electrons. The van der Waals surface area contributed by atoms with Gasteiger partial charge in [-0.1, -0.05) is 25.3 Å². The summed E-state index contributed by atoms with van der Waals surface area (Å²) in [6.45, 7) is 8.00. The minimum atomic E-state index is 0.602. The Labute approximate surface area is 174 Å². The van der Waals surface area contributed by atoms with E-state index in [0.717, 1.165) is 52.5 Å². The van der Waals surface area contributed by atoms with Crippen LogP contribution in [0, 0.1) is 0 Å². The van der Waals surface area contributed by atoms with Crippen molar-refractivity contribution in [2.75, 3.05) is 39.4 Å². The highest BCUT2D eigenvalue weighted by atomic mass is 16.5. The Morgan fingerprint density at radius 3 is 2.66 bits per heavy atom. The third-order valence-corrected chi connectivity index (χ3v) is 6.19. The van der Waals surface area contributed by atoms with Gasteiger partial charge in [0.05, 0.1) is 25.5 Å². The highest BCUT2D eigenvalue weighted by molar-refractivity contribution is 5.10. The van der Waals surface area contributed by atoms with Crippen LogP contribution in [0.15, 0.2) is 36.9 Å². The summed E-state index contributed by atoms with van der Waals surface area (Å²) in [5.74, 6) is 0. The summed E-state index contributed by atoms with van der Waals surface area (Å²) in [7, 11) is 0. The van der Waals surface area contributed by atoms with Crippen LogP contribution in [0.5, 0.6) is 0 Å². The lowest BCUT2D eigenvalue weighted by molar-refractivity contribution is 0.0359. The van der Waals surface area contributed by atoms with Gasteiger partial charge in [0.25, 0.3) is 0 Å². The highest BCUT2D eigenvalue weighted by Crippen LogP contribution is 2.27. The molecule has 6 nitrogen and oxygen atoms in total. The van der Waals surface area contributed by atoms with Gasteiger partial charge in [-0.2, -0.15) is 5.10 Å². The molecule has 1 aliphatic carbocycles. The zero-order valence-corrected chi connectivity index (χ0v) is 17.6. The van der Waals surface area contributed by atoms with Gasteiger partial charge in [0.1, 0.15) is 0 Å². The lowest BCUT2D eigenvalue weighted by atomic mass is 9.96. The second kappa shape index (κ2) is 10.9. The molecule has 0 bridgehead atoms. The van der Waals surface area contributed by atoms with Gasteiger partial charge in [0, 0.05) is 56.9 Å². The minimum absolute atomic E-state index is 0.602. The molecule has 0 unspecified atom stereocenters. The first kappa shape index (κ1) is 20.5. The summed E-state index contributed by atoms with van der Waals surface area (Å²) in [6.07, 6.45) is 16.0. The number of hydrogen-bond donors (Lipinski definition) is 0. The van der Waals surface area contributed by atoms with Gasteiger partial charge in [-0.05, 0) is 37.4 Å². The molecule has 1 saturated heterocycles. The maximum Gasteiger partial charge on any atom is 0.0594 e. The average molecular weight is 398 g/mol. The number of ether oxygens (including phenoxy) is 1. The maximum absolute atomic E-state index is 5.47. The molecule has 2 aromatic rings. The Balaban J connectivity index is 1.34. The van der Waals surface area contributed by atoms with Crippen molar-refractivity contribution in [1.29, 1.82) is 0 Å². The Hall–Kier alpha value is -1.76. The standard InChI is InChI=1S/C23H35N5O/c1-2-7-23(8-3-1)28-20-22(17-25-28)19-27(18-21-6-4-9-24-16-21)11-5-10-26-12-14-29-15-13-26/h4,6,9,16-17,20,23H,1-3,5,7-8,10-15,18-19H2. The van der Waals surface area contributed by atoms with Crippen molar-refractivity contribution in [2.45, 2.75) is 57.7 Å². The summed E-state index contributed by atoms with van der Waals surface area (Å²) in [4.78, 5) is 9.36. The Kier molecular flexibility index (Phi) is 7.68. The quantitative estimate of drug-likeness (QED) is 0.648. The molecule has 1 saturated carbocycles. The van der Waals surface area contributed by atoms with Gasteiger partial charge in [-0.25, -0.2) is 0 Å². The fourth-order valence-corrected chi connectivity index (χ4v) is 4.57. The van der Waals surface area contributed by atoms with E-state index >= 15 is 0 Å². The molecule has 2 aromatic heterocycles. The predicted molar refractivity (Wildman–Crippen MR) is 115 cm³/mol. The molecule has 0 amide bonds. The molecule has 4 rings (SSSR count). The second-order valence-corrected chi connectivity index (χ2v) is 8.50. The number of aromatic nitrogens is 3. The van der Waals surface area contributed by atoms with Gasteiger partial charge >= 0.3 is 0 Å². The summed E-state index contributed by atoms with van der Waals surface area (Å²) >= 11 is 0. The van der Waals surface area contributed by atoms with Gasteiger partial charge in [-0.15, -0.1) is 0 Å². The van der Waals surface area contributed by atoms with Gasteiger partial charge in [-0.3, -0.25) is 19.5 Å². The summed E-state index contributed by atoms with van der Waals surface area (Å²) < 4.78 is 7.70. The van der Waals surface area contributed by atoms with Crippen LogP contribution in [0.2, 0.25) is 0 Å². The Bertz CT molecular complexity index is 707. The first-order valence-electron chi connectivity index (χ1n) is 11.3. The van der Waals surface area contributed by atoms with Crippen molar-refractivity contribution >= 4 is 0 Å². The number of nitrogens with zero attached hydrogens (tertiary/aromatic N) is 5. The smallest absolute Gasteiger partial charge is 0.0594 e. The Morgan fingerprint density at radius 2 is 1.86 bits per heavy atom. The van der Waals surface area contributed by atoms with E-state index in [9.17, 15) is 0 Å². The summed E-state index contributed by atoms with van der Waals surface area (Å²) in [5.41, 5.74) is 2.60. The Morgan fingerprint density at radius 1 is 1.03 bits per heavy atom. The number of hydrogen-bond acceptors (Lipinski definition) is 5. The first-order chi connectivity index (χ1) is 14.4. The molecular formula is C23H35N5O. The fraction of sp³-hybridized carbons (Fsp3) is 0.652. The number of rotatable bonds is 9. The van der Waals surface area contributed by atoms with Crippen LogP contribution in [0.1, 0.15) is 55.7 Å². The van der Waals surface area contributed by atoms with Crippen LogP contribution in [0.3, 0.4) is 0 Å². The van der Waals surface area contributed by atoms with Crippen LogP contribution in [0.25, 0.3) is 0 Å². The molecule has 1 aliphatic heterocycles. The van der Waals surface area contributed by atoms with E-state index < -0.39 is 0 Å². The van der Waals surface area contributed by atoms with Crippen molar-refractivity contribution < 1.29 is 4.74 Å². The number of morpholine rings is 1. The zero-order chi connectivity index (χ0) is 19.7. The lowest BCUT2D eigenvalue weighted by Gasteiger charge is -2.28. The number of pyridine rings is 1. The summed E-state index contributed by atoms with van der Waals surface area (Å²) in [6, 6.07) is 4.81. The zero-order valence-electron chi connectivity index (χ0n) is 17.6. The molecule has 2 aliphatic rings. The van der Waals surface area contributed by atoms with Crippen molar-refractivity contribution in [1.82, 2.24) is 24.6 Å². The molecule has 0 spiro atoms. The van der Waals surface area contributed by atoms with Crippen molar-refractivity contribution in [3.63, 3.8) is 0 Å². The van der Waals surface area contributed by atoms with Crippen molar-refractivity contribution in [2.24, 2.45) is 0 Å². The molecule has 0 atom stereocenters. The van der Waals surface area contributed by atoms with E-state index in [-0.39, 0.29) is 0 Å². The van der Waals surface area contributed by atoms with Crippen molar-refractivity contribution in [3.05, 3.63) is 48.0 Å². The van der Waals surface area contributed by atoms with Crippen LogP contribution in [-0.4, -0.2) is 64.0 Å². The van der Waals surface area contributed by atoms with E-state index in [2.05, 4.69) is 37.9 Å². The van der Waals surface area contributed by atoms with Gasteiger partial charge < -0.3 is 4.74 Å². The molecular weight excluding hydrogens is 362 g/mol. The van der Waals surface area contributed by atoms with Crippen LogP contribution in [-0.2, 0) is 17.8 Å². The molecule has 2 fully saturated rings.